The van der Waals surface area contributed by atoms with Gasteiger partial charge in [-0.1, -0.05) is 13.3 Å². The Morgan fingerprint density at radius 3 is 2.56 bits per heavy atom. The van der Waals surface area contributed by atoms with Crippen LogP contribution in [0.4, 0.5) is 0 Å². The molecule has 27 heavy (non-hydrogen) atoms. The second-order valence-electron chi connectivity index (χ2n) is 7.63. The summed E-state index contributed by atoms with van der Waals surface area (Å²) in [7, 11) is -2.13. The average Bonchev–Trinajstić information content (AvgIpc) is 3.19. The smallest absolute Gasteiger partial charge is 0.311 e. The fourth-order valence-corrected chi connectivity index (χ4v) is 5.94. The van der Waals surface area contributed by atoms with E-state index in [0.717, 1.165) is 12.8 Å². The molecule has 2 fully saturated rings. The number of likely N-dealkylation sites (tertiary alicyclic amines) is 1. The van der Waals surface area contributed by atoms with Crippen LogP contribution in [-0.4, -0.2) is 56.3 Å². The standard InChI is InChI=1S/C19H25NO6S/c1-13(11-27(24,25)16-7-5-15(26-2)6-8-16)17(21)20-10-14-4-3-9-19(14,12-20)18(22)23/h5-8,13-14H,3-4,9-12H2,1-2H3,(H,22,23)/t13?,14-,19+/m0/s1. The number of carboxylic acids is 1. The van der Waals surface area contributed by atoms with Crippen molar-refractivity contribution >= 4 is 21.7 Å². The number of hydrogen-bond acceptors (Lipinski definition) is 5. The zero-order valence-electron chi connectivity index (χ0n) is 15.6. The van der Waals surface area contributed by atoms with Gasteiger partial charge in [0.1, 0.15) is 5.75 Å². The molecule has 0 radical (unpaired) electrons. The van der Waals surface area contributed by atoms with E-state index in [9.17, 15) is 23.1 Å². The predicted molar refractivity (Wildman–Crippen MR) is 98.2 cm³/mol. The molecule has 3 atom stereocenters. The number of fused-ring (bicyclic) bond motifs is 1. The van der Waals surface area contributed by atoms with E-state index < -0.39 is 27.1 Å². The van der Waals surface area contributed by atoms with Crippen molar-refractivity contribution in [3.63, 3.8) is 0 Å². The largest absolute Gasteiger partial charge is 0.497 e. The molecule has 7 nitrogen and oxygen atoms in total. The van der Waals surface area contributed by atoms with Crippen molar-refractivity contribution in [2.45, 2.75) is 31.1 Å². The lowest BCUT2D eigenvalue weighted by Gasteiger charge is -2.24. The number of rotatable bonds is 6. The van der Waals surface area contributed by atoms with Gasteiger partial charge >= 0.3 is 5.97 Å². The molecule has 1 saturated heterocycles. The van der Waals surface area contributed by atoms with E-state index in [4.69, 9.17) is 4.74 Å². The molecule has 1 aromatic rings. The normalized spacial score (nSPS) is 25.9. The highest BCUT2D eigenvalue weighted by Crippen LogP contribution is 2.49. The van der Waals surface area contributed by atoms with Crippen molar-refractivity contribution in [2.75, 3.05) is 26.0 Å². The predicted octanol–water partition coefficient (Wildman–Crippen LogP) is 1.82. The lowest BCUT2D eigenvalue weighted by molar-refractivity contribution is -0.149. The molecule has 0 bridgehead atoms. The maximum Gasteiger partial charge on any atom is 0.311 e. The second-order valence-corrected chi connectivity index (χ2v) is 9.66. The van der Waals surface area contributed by atoms with E-state index in [-0.39, 0.29) is 29.0 Å². The molecule has 148 valence electrons. The van der Waals surface area contributed by atoms with E-state index in [0.29, 0.717) is 18.7 Å². The number of carbonyl (C=O) groups excluding carboxylic acids is 1. The summed E-state index contributed by atoms with van der Waals surface area (Å²) in [6.07, 6.45) is 2.24. The lowest BCUT2D eigenvalue weighted by Crippen LogP contribution is -2.40. The van der Waals surface area contributed by atoms with E-state index in [1.165, 1.54) is 19.2 Å². The highest BCUT2D eigenvalue weighted by Gasteiger charge is 2.56. The van der Waals surface area contributed by atoms with E-state index in [1.54, 1.807) is 24.0 Å². The third kappa shape index (κ3) is 3.54. The number of aliphatic carboxylic acids is 1. The Morgan fingerprint density at radius 1 is 1.33 bits per heavy atom. The number of nitrogens with zero attached hydrogens (tertiary/aromatic N) is 1. The summed E-state index contributed by atoms with van der Waals surface area (Å²) >= 11 is 0. The van der Waals surface area contributed by atoms with Crippen LogP contribution in [0.3, 0.4) is 0 Å². The minimum atomic E-state index is -3.63. The molecule has 1 amide bonds. The summed E-state index contributed by atoms with van der Waals surface area (Å²) in [6, 6.07) is 6.06. The van der Waals surface area contributed by atoms with Crippen molar-refractivity contribution in [3.05, 3.63) is 24.3 Å². The van der Waals surface area contributed by atoms with Gasteiger partial charge in [-0.2, -0.15) is 0 Å². The molecule has 2 aliphatic rings. The Labute approximate surface area is 159 Å². The minimum absolute atomic E-state index is 0.0376. The molecule has 1 heterocycles. The van der Waals surface area contributed by atoms with Gasteiger partial charge in [-0.05, 0) is 43.0 Å². The molecule has 1 aromatic carbocycles. The first-order chi connectivity index (χ1) is 12.7. The lowest BCUT2D eigenvalue weighted by atomic mass is 9.81. The van der Waals surface area contributed by atoms with E-state index in [1.807, 2.05) is 0 Å². The van der Waals surface area contributed by atoms with Crippen molar-refractivity contribution in [1.29, 1.82) is 0 Å². The van der Waals surface area contributed by atoms with Gasteiger partial charge in [-0.3, -0.25) is 9.59 Å². The number of hydrogen-bond donors (Lipinski definition) is 1. The van der Waals surface area contributed by atoms with Gasteiger partial charge in [-0.15, -0.1) is 0 Å². The molecule has 3 rings (SSSR count). The molecular formula is C19H25NO6S. The number of methoxy groups -OCH3 is 1. The van der Waals surface area contributed by atoms with Crippen LogP contribution in [0, 0.1) is 17.3 Å². The van der Waals surface area contributed by atoms with Crippen LogP contribution < -0.4 is 4.74 Å². The van der Waals surface area contributed by atoms with Crippen molar-refractivity contribution in [2.24, 2.45) is 17.3 Å². The number of amides is 1. The minimum Gasteiger partial charge on any atom is -0.497 e. The first-order valence-electron chi connectivity index (χ1n) is 9.08. The Hall–Kier alpha value is -2.09. The van der Waals surface area contributed by atoms with E-state index in [2.05, 4.69) is 0 Å². The monoisotopic (exact) mass is 395 g/mol. The molecule has 1 aliphatic carbocycles. The Kier molecular flexibility index (Phi) is 5.20. The maximum atomic E-state index is 12.8. The summed E-state index contributed by atoms with van der Waals surface area (Å²) in [6.45, 7) is 2.17. The number of sulfone groups is 1. The zero-order chi connectivity index (χ0) is 19.8. The first kappa shape index (κ1) is 19.7. The highest BCUT2D eigenvalue weighted by atomic mass is 32.2. The van der Waals surface area contributed by atoms with Gasteiger partial charge in [0.15, 0.2) is 9.84 Å². The van der Waals surface area contributed by atoms with Crippen LogP contribution in [0.15, 0.2) is 29.2 Å². The molecule has 0 aromatic heterocycles. The summed E-state index contributed by atoms with van der Waals surface area (Å²) < 4.78 is 30.3. The van der Waals surface area contributed by atoms with Crippen molar-refractivity contribution in [1.82, 2.24) is 4.90 Å². The van der Waals surface area contributed by atoms with Crippen LogP contribution in [0.25, 0.3) is 0 Å². The average molecular weight is 395 g/mol. The molecule has 8 heteroatoms. The quantitative estimate of drug-likeness (QED) is 0.788. The molecule has 1 saturated carbocycles. The molecule has 0 spiro atoms. The summed E-state index contributed by atoms with van der Waals surface area (Å²) in [5.41, 5.74) is -0.857. The van der Waals surface area contributed by atoms with Crippen LogP contribution >= 0.6 is 0 Å². The summed E-state index contributed by atoms with van der Waals surface area (Å²) in [5, 5.41) is 9.65. The summed E-state index contributed by atoms with van der Waals surface area (Å²) in [4.78, 5) is 26.3. The number of carboxylic acid groups (broad SMARTS) is 1. The van der Waals surface area contributed by atoms with E-state index >= 15 is 0 Å². The van der Waals surface area contributed by atoms with Crippen LogP contribution in [-0.2, 0) is 19.4 Å². The van der Waals surface area contributed by atoms with Gasteiger partial charge in [-0.25, -0.2) is 8.42 Å². The van der Waals surface area contributed by atoms with Gasteiger partial charge < -0.3 is 14.7 Å². The molecular weight excluding hydrogens is 370 g/mol. The van der Waals surface area contributed by atoms with Gasteiger partial charge in [0, 0.05) is 19.0 Å². The van der Waals surface area contributed by atoms with Crippen LogP contribution in [0.1, 0.15) is 26.2 Å². The van der Waals surface area contributed by atoms with Crippen molar-refractivity contribution < 1.29 is 27.9 Å². The third-order valence-electron chi connectivity index (χ3n) is 5.92. The van der Waals surface area contributed by atoms with Crippen LogP contribution in [0.2, 0.25) is 0 Å². The molecule has 1 N–H and O–H groups in total. The van der Waals surface area contributed by atoms with Gasteiger partial charge in [0.25, 0.3) is 0 Å². The number of benzene rings is 1. The number of carbonyl (C=O) groups is 2. The van der Waals surface area contributed by atoms with Crippen LogP contribution in [0.5, 0.6) is 5.75 Å². The fourth-order valence-electron chi connectivity index (χ4n) is 4.40. The first-order valence-corrected chi connectivity index (χ1v) is 10.7. The van der Waals surface area contributed by atoms with Crippen molar-refractivity contribution in [3.8, 4) is 5.75 Å². The Bertz CT molecular complexity index is 834. The topological polar surface area (TPSA) is 101 Å². The molecule has 1 aliphatic heterocycles. The summed E-state index contributed by atoms with van der Waals surface area (Å²) in [5.74, 6) is -1.66. The van der Waals surface area contributed by atoms with Gasteiger partial charge in [0.05, 0.1) is 23.2 Å². The maximum absolute atomic E-state index is 12.8. The third-order valence-corrected chi connectivity index (χ3v) is 7.85. The SMILES string of the molecule is COc1ccc(S(=O)(=O)CC(C)C(=O)N2C[C@@H]3CCC[C@@]3(C(=O)O)C2)cc1. The highest BCUT2D eigenvalue weighted by molar-refractivity contribution is 7.91. The zero-order valence-corrected chi connectivity index (χ0v) is 16.4. The molecule has 1 unspecified atom stereocenters. The Morgan fingerprint density at radius 2 is 2.00 bits per heavy atom. The second kappa shape index (κ2) is 7.14. The Balaban J connectivity index is 1.69. The fraction of sp³-hybridized carbons (Fsp3) is 0.579. The van der Waals surface area contributed by atoms with Gasteiger partial charge in [0.2, 0.25) is 5.91 Å². The number of ether oxygens (including phenoxy) is 1.